The summed E-state index contributed by atoms with van der Waals surface area (Å²) in [4.78, 5) is 26.0. The van der Waals surface area contributed by atoms with Crippen molar-refractivity contribution in [2.24, 2.45) is 0 Å². The molecule has 0 aromatic heterocycles. The third-order valence-corrected chi connectivity index (χ3v) is 4.42. The maximum absolute atomic E-state index is 13.6. The van der Waals surface area contributed by atoms with Crippen molar-refractivity contribution in [1.82, 2.24) is 10.2 Å². The molecular formula is C19H19F2N3O2. The van der Waals surface area contributed by atoms with Crippen LogP contribution in [0.1, 0.15) is 24.9 Å². The largest absolute Gasteiger partial charge is 0.334 e. The van der Waals surface area contributed by atoms with E-state index in [2.05, 4.69) is 10.6 Å². The van der Waals surface area contributed by atoms with Gasteiger partial charge in [-0.05, 0) is 24.6 Å². The van der Waals surface area contributed by atoms with Crippen LogP contribution in [0.4, 0.5) is 19.3 Å². The Morgan fingerprint density at radius 2 is 1.92 bits per heavy atom. The molecule has 0 bridgehead atoms. The summed E-state index contributed by atoms with van der Waals surface area (Å²) in [5.74, 6) is -1.64. The van der Waals surface area contributed by atoms with Gasteiger partial charge in [-0.2, -0.15) is 0 Å². The first-order valence-corrected chi connectivity index (χ1v) is 8.31. The maximum atomic E-state index is 13.6. The second-order valence-electron chi connectivity index (χ2n) is 6.26. The molecule has 1 fully saturated rings. The van der Waals surface area contributed by atoms with E-state index in [-0.39, 0.29) is 30.1 Å². The van der Waals surface area contributed by atoms with Crippen LogP contribution in [0.25, 0.3) is 0 Å². The fourth-order valence-electron chi connectivity index (χ4n) is 3.05. The molecule has 26 heavy (non-hydrogen) atoms. The van der Waals surface area contributed by atoms with Crippen LogP contribution in [0.2, 0.25) is 0 Å². The van der Waals surface area contributed by atoms with E-state index < -0.39 is 17.7 Å². The number of hydrogen-bond donors (Lipinski definition) is 2. The average molecular weight is 359 g/mol. The van der Waals surface area contributed by atoms with Crippen molar-refractivity contribution in [3.8, 4) is 0 Å². The lowest BCUT2D eigenvalue weighted by atomic mass is 10.1. The Kier molecular flexibility index (Phi) is 5.16. The van der Waals surface area contributed by atoms with E-state index in [0.717, 1.165) is 17.7 Å². The van der Waals surface area contributed by atoms with E-state index in [1.807, 2.05) is 37.3 Å². The molecule has 2 aromatic carbocycles. The van der Waals surface area contributed by atoms with Gasteiger partial charge in [-0.15, -0.1) is 0 Å². The van der Waals surface area contributed by atoms with E-state index in [4.69, 9.17) is 0 Å². The van der Waals surface area contributed by atoms with Crippen LogP contribution < -0.4 is 10.6 Å². The van der Waals surface area contributed by atoms with Crippen LogP contribution in [0.3, 0.4) is 0 Å². The Balaban J connectivity index is 1.59. The van der Waals surface area contributed by atoms with Gasteiger partial charge in [0, 0.05) is 19.0 Å². The fraction of sp³-hybridized carbons (Fsp3) is 0.263. The highest BCUT2D eigenvalue weighted by Gasteiger charge is 2.34. The lowest BCUT2D eigenvalue weighted by Crippen LogP contribution is -2.40. The molecule has 0 spiro atoms. The molecule has 7 heteroatoms. The van der Waals surface area contributed by atoms with Gasteiger partial charge in [0.05, 0.1) is 17.8 Å². The number of halogens is 2. The Morgan fingerprint density at radius 3 is 2.62 bits per heavy atom. The summed E-state index contributed by atoms with van der Waals surface area (Å²) in [5.41, 5.74) is 0.891. The molecule has 1 heterocycles. The molecule has 2 atom stereocenters. The second kappa shape index (κ2) is 7.51. The molecular weight excluding hydrogens is 340 g/mol. The SMILES string of the molecule is CC(c1ccccc1)N1CC(NC(=O)Nc2ccc(F)cc2F)CC1=O. The minimum Gasteiger partial charge on any atom is -0.334 e. The molecule has 1 saturated heterocycles. The number of amides is 3. The summed E-state index contributed by atoms with van der Waals surface area (Å²) < 4.78 is 26.5. The number of nitrogens with zero attached hydrogens (tertiary/aromatic N) is 1. The van der Waals surface area contributed by atoms with Crippen molar-refractivity contribution >= 4 is 17.6 Å². The van der Waals surface area contributed by atoms with E-state index in [0.29, 0.717) is 12.6 Å². The Labute approximate surface area is 150 Å². The van der Waals surface area contributed by atoms with E-state index in [1.165, 1.54) is 0 Å². The minimum absolute atomic E-state index is 0.0559. The summed E-state index contributed by atoms with van der Waals surface area (Å²) in [6, 6.07) is 11.4. The topological polar surface area (TPSA) is 61.4 Å². The lowest BCUT2D eigenvalue weighted by molar-refractivity contribution is -0.129. The number of carbonyl (C=O) groups excluding carboxylic acids is 2. The monoisotopic (exact) mass is 359 g/mol. The van der Waals surface area contributed by atoms with Crippen LogP contribution in [-0.4, -0.2) is 29.4 Å². The number of urea groups is 1. The van der Waals surface area contributed by atoms with Crippen molar-refractivity contribution in [1.29, 1.82) is 0 Å². The number of rotatable bonds is 4. The van der Waals surface area contributed by atoms with Gasteiger partial charge in [-0.3, -0.25) is 4.79 Å². The first kappa shape index (κ1) is 17.8. The van der Waals surface area contributed by atoms with Crippen LogP contribution in [0, 0.1) is 11.6 Å². The van der Waals surface area contributed by atoms with Crippen molar-refractivity contribution in [2.45, 2.75) is 25.4 Å². The van der Waals surface area contributed by atoms with Gasteiger partial charge in [0.25, 0.3) is 0 Å². The summed E-state index contributed by atoms with van der Waals surface area (Å²) in [6.07, 6.45) is 0.177. The Morgan fingerprint density at radius 1 is 1.19 bits per heavy atom. The first-order chi connectivity index (χ1) is 12.4. The van der Waals surface area contributed by atoms with Crippen molar-refractivity contribution in [3.05, 3.63) is 65.7 Å². The van der Waals surface area contributed by atoms with Gasteiger partial charge >= 0.3 is 6.03 Å². The van der Waals surface area contributed by atoms with Gasteiger partial charge in [0.2, 0.25) is 5.91 Å². The third kappa shape index (κ3) is 3.99. The fourth-order valence-corrected chi connectivity index (χ4v) is 3.05. The smallest absolute Gasteiger partial charge is 0.319 e. The van der Waals surface area contributed by atoms with Gasteiger partial charge in [-0.25, -0.2) is 13.6 Å². The predicted molar refractivity (Wildman–Crippen MR) is 93.5 cm³/mol. The maximum Gasteiger partial charge on any atom is 0.319 e. The highest BCUT2D eigenvalue weighted by molar-refractivity contribution is 5.90. The van der Waals surface area contributed by atoms with E-state index in [9.17, 15) is 18.4 Å². The van der Waals surface area contributed by atoms with Crippen molar-refractivity contribution in [3.63, 3.8) is 0 Å². The predicted octanol–water partition coefficient (Wildman–Crippen LogP) is 3.45. The standard InChI is InChI=1S/C19H19F2N3O2/c1-12(13-5-3-2-4-6-13)24-11-15(10-18(24)25)22-19(26)23-17-8-7-14(20)9-16(17)21/h2-9,12,15H,10-11H2,1H3,(H2,22,23,26). The van der Waals surface area contributed by atoms with E-state index >= 15 is 0 Å². The minimum atomic E-state index is -0.859. The van der Waals surface area contributed by atoms with Crippen LogP contribution in [-0.2, 0) is 4.79 Å². The normalized spacial score (nSPS) is 17.9. The number of benzene rings is 2. The lowest BCUT2D eigenvalue weighted by Gasteiger charge is -2.25. The average Bonchev–Trinajstić information content (AvgIpc) is 2.97. The zero-order valence-corrected chi connectivity index (χ0v) is 14.2. The van der Waals surface area contributed by atoms with Crippen LogP contribution >= 0.6 is 0 Å². The van der Waals surface area contributed by atoms with Gasteiger partial charge in [0.1, 0.15) is 11.6 Å². The quantitative estimate of drug-likeness (QED) is 0.878. The number of nitrogens with one attached hydrogen (secondary N) is 2. The molecule has 0 radical (unpaired) electrons. The molecule has 0 aliphatic carbocycles. The number of carbonyl (C=O) groups is 2. The molecule has 3 amide bonds. The van der Waals surface area contributed by atoms with Crippen LogP contribution in [0.5, 0.6) is 0 Å². The highest BCUT2D eigenvalue weighted by atomic mass is 19.1. The number of anilines is 1. The van der Waals surface area contributed by atoms with E-state index in [1.54, 1.807) is 4.90 Å². The second-order valence-corrected chi connectivity index (χ2v) is 6.26. The summed E-state index contributed by atoms with van der Waals surface area (Å²) in [7, 11) is 0. The van der Waals surface area contributed by atoms with Crippen molar-refractivity contribution in [2.75, 3.05) is 11.9 Å². The molecule has 3 rings (SSSR count). The molecule has 0 saturated carbocycles. The van der Waals surface area contributed by atoms with Crippen LogP contribution in [0.15, 0.2) is 48.5 Å². The van der Waals surface area contributed by atoms with Crippen molar-refractivity contribution < 1.29 is 18.4 Å². The number of hydrogen-bond acceptors (Lipinski definition) is 2. The molecule has 2 N–H and O–H groups in total. The molecule has 2 aromatic rings. The highest BCUT2D eigenvalue weighted by Crippen LogP contribution is 2.25. The van der Waals surface area contributed by atoms with Gasteiger partial charge < -0.3 is 15.5 Å². The van der Waals surface area contributed by atoms with Gasteiger partial charge in [0.15, 0.2) is 0 Å². The first-order valence-electron chi connectivity index (χ1n) is 8.31. The van der Waals surface area contributed by atoms with Gasteiger partial charge in [-0.1, -0.05) is 30.3 Å². The molecule has 1 aliphatic rings. The zero-order valence-electron chi connectivity index (χ0n) is 14.2. The molecule has 136 valence electrons. The molecule has 5 nitrogen and oxygen atoms in total. The Bertz CT molecular complexity index is 814. The molecule has 1 aliphatic heterocycles. The third-order valence-electron chi connectivity index (χ3n) is 4.42. The summed E-state index contributed by atoms with van der Waals surface area (Å²) in [6.45, 7) is 2.30. The summed E-state index contributed by atoms with van der Waals surface area (Å²) in [5, 5.41) is 5.00. The zero-order chi connectivity index (χ0) is 18.7. The Hall–Kier alpha value is -2.96. The number of likely N-dealkylation sites (tertiary alicyclic amines) is 1. The summed E-state index contributed by atoms with van der Waals surface area (Å²) >= 11 is 0. The molecule has 2 unspecified atom stereocenters.